The van der Waals surface area contributed by atoms with Gasteiger partial charge in [0.15, 0.2) is 0 Å². The van der Waals surface area contributed by atoms with Crippen LogP contribution in [0, 0.1) is 0 Å². The molecule has 0 saturated carbocycles. The monoisotopic (exact) mass is 387 g/mol. The Hall–Kier alpha value is -2.02. The predicted octanol–water partition coefficient (Wildman–Crippen LogP) is 5.12. The zero-order valence-corrected chi connectivity index (χ0v) is 13.7. The number of amides is 1. The van der Waals surface area contributed by atoms with E-state index < -0.39 is 17.6 Å². The molecule has 0 aliphatic heterocycles. The van der Waals surface area contributed by atoms with Gasteiger partial charge < -0.3 is 10.1 Å². The van der Waals surface area contributed by atoms with Crippen LogP contribution in [0.25, 0.3) is 0 Å². The van der Waals surface area contributed by atoms with Gasteiger partial charge in [0.25, 0.3) is 5.91 Å². The molecule has 1 amide bonds. The molecule has 3 nitrogen and oxygen atoms in total. The van der Waals surface area contributed by atoms with E-state index in [-0.39, 0.29) is 5.69 Å². The zero-order chi connectivity index (χ0) is 17.0. The van der Waals surface area contributed by atoms with Gasteiger partial charge in [-0.3, -0.25) is 4.79 Å². The zero-order valence-electron chi connectivity index (χ0n) is 12.1. The summed E-state index contributed by atoms with van der Waals surface area (Å²) in [5.41, 5.74) is -0.434. The standard InChI is InChI=1S/C16H13BrF3NO2/c1-2-23-14-7-6-10(8-13(14)17)15(22)21-12-5-3-4-11(9-12)16(18,19)20/h3-9H,2H2,1H3,(H,21,22). The normalized spacial score (nSPS) is 11.2. The van der Waals surface area contributed by atoms with Crippen molar-refractivity contribution in [3.63, 3.8) is 0 Å². The smallest absolute Gasteiger partial charge is 0.416 e. The van der Waals surface area contributed by atoms with E-state index >= 15 is 0 Å². The van der Waals surface area contributed by atoms with Crippen LogP contribution in [0.2, 0.25) is 0 Å². The molecule has 2 aromatic rings. The number of carbonyl (C=O) groups excluding carboxylic acids is 1. The van der Waals surface area contributed by atoms with Crippen LogP contribution in [-0.4, -0.2) is 12.5 Å². The largest absolute Gasteiger partial charge is 0.493 e. The summed E-state index contributed by atoms with van der Waals surface area (Å²) >= 11 is 3.29. The third-order valence-corrected chi connectivity index (χ3v) is 3.56. The Morgan fingerprint density at radius 2 is 1.96 bits per heavy atom. The molecule has 0 saturated heterocycles. The number of hydrogen-bond acceptors (Lipinski definition) is 2. The topological polar surface area (TPSA) is 38.3 Å². The summed E-state index contributed by atoms with van der Waals surface area (Å²) in [6.07, 6.45) is -4.46. The molecule has 0 unspecified atom stereocenters. The molecule has 2 rings (SSSR count). The summed E-state index contributed by atoms with van der Waals surface area (Å²) in [4.78, 5) is 12.1. The van der Waals surface area contributed by atoms with Gasteiger partial charge >= 0.3 is 6.18 Å². The van der Waals surface area contributed by atoms with Crippen molar-refractivity contribution in [2.75, 3.05) is 11.9 Å². The van der Waals surface area contributed by atoms with Crippen molar-refractivity contribution in [2.45, 2.75) is 13.1 Å². The average Bonchev–Trinajstić information content (AvgIpc) is 2.49. The first-order valence-electron chi connectivity index (χ1n) is 6.72. The highest BCUT2D eigenvalue weighted by Gasteiger charge is 2.30. The maximum Gasteiger partial charge on any atom is 0.416 e. The number of alkyl halides is 3. The lowest BCUT2D eigenvalue weighted by molar-refractivity contribution is -0.137. The van der Waals surface area contributed by atoms with E-state index in [0.717, 1.165) is 12.1 Å². The van der Waals surface area contributed by atoms with Crippen LogP contribution < -0.4 is 10.1 Å². The highest BCUT2D eigenvalue weighted by molar-refractivity contribution is 9.10. The van der Waals surface area contributed by atoms with Gasteiger partial charge in [-0.2, -0.15) is 13.2 Å². The van der Waals surface area contributed by atoms with Crippen LogP contribution in [0.3, 0.4) is 0 Å². The minimum Gasteiger partial charge on any atom is -0.493 e. The van der Waals surface area contributed by atoms with E-state index in [1.165, 1.54) is 12.1 Å². The van der Waals surface area contributed by atoms with Crippen LogP contribution >= 0.6 is 15.9 Å². The Morgan fingerprint density at radius 3 is 2.57 bits per heavy atom. The summed E-state index contributed by atoms with van der Waals surface area (Å²) in [7, 11) is 0. The summed E-state index contributed by atoms with van der Waals surface area (Å²) in [5, 5.41) is 2.45. The molecule has 1 N–H and O–H groups in total. The summed E-state index contributed by atoms with van der Waals surface area (Å²) in [6.45, 7) is 2.31. The number of anilines is 1. The highest BCUT2D eigenvalue weighted by Crippen LogP contribution is 2.31. The third-order valence-electron chi connectivity index (χ3n) is 2.94. The third kappa shape index (κ3) is 4.48. The fraction of sp³-hybridized carbons (Fsp3) is 0.188. The molecular formula is C16H13BrF3NO2. The Bertz CT molecular complexity index is 717. The van der Waals surface area contributed by atoms with Crippen LogP contribution in [0.5, 0.6) is 5.75 Å². The Labute approximate surface area is 139 Å². The minimum absolute atomic E-state index is 0.0785. The fourth-order valence-corrected chi connectivity index (χ4v) is 2.38. The molecule has 0 aliphatic rings. The van der Waals surface area contributed by atoms with E-state index in [0.29, 0.717) is 22.4 Å². The lowest BCUT2D eigenvalue weighted by Gasteiger charge is -2.11. The average molecular weight is 388 g/mol. The Morgan fingerprint density at radius 1 is 1.22 bits per heavy atom. The molecule has 0 aromatic heterocycles. The number of nitrogens with one attached hydrogen (secondary N) is 1. The van der Waals surface area contributed by atoms with Crippen LogP contribution in [-0.2, 0) is 6.18 Å². The van der Waals surface area contributed by atoms with Gasteiger partial charge in [0.05, 0.1) is 16.6 Å². The molecule has 0 radical (unpaired) electrons. The van der Waals surface area contributed by atoms with Gasteiger partial charge in [-0.25, -0.2) is 0 Å². The molecule has 0 spiro atoms. The molecule has 122 valence electrons. The van der Waals surface area contributed by atoms with Gasteiger partial charge in [-0.1, -0.05) is 6.07 Å². The Kier molecular flexibility index (Phi) is 5.30. The van der Waals surface area contributed by atoms with Crippen molar-refractivity contribution < 1.29 is 22.7 Å². The van der Waals surface area contributed by atoms with E-state index in [1.807, 2.05) is 6.92 Å². The second-order valence-electron chi connectivity index (χ2n) is 4.61. The van der Waals surface area contributed by atoms with E-state index in [4.69, 9.17) is 4.74 Å². The number of carbonyl (C=O) groups is 1. The van der Waals surface area contributed by atoms with Crippen molar-refractivity contribution in [2.24, 2.45) is 0 Å². The fourth-order valence-electron chi connectivity index (χ4n) is 1.89. The molecule has 2 aromatic carbocycles. The van der Waals surface area contributed by atoms with E-state index in [2.05, 4.69) is 21.2 Å². The quantitative estimate of drug-likeness (QED) is 0.790. The molecule has 7 heteroatoms. The molecule has 0 atom stereocenters. The van der Waals surface area contributed by atoms with Crippen molar-refractivity contribution >= 4 is 27.5 Å². The second-order valence-corrected chi connectivity index (χ2v) is 5.47. The van der Waals surface area contributed by atoms with Crippen LogP contribution in [0.15, 0.2) is 46.9 Å². The molecule has 0 fully saturated rings. The molecule has 0 bridgehead atoms. The first-order chi connectivity index (χ1) is 10.8. The minimum atomic E-state index is -4.46. The van der Waals surface area contributed by atoms with Gasteiger partial charge in [0.2, 0.25) is 0 Å². The maximum atomic E-state index is 12.7. The maximum absolute atomic E-state index is 12.7. The summed E-state index contributed by atoms with van der Waals surface area (Å²) in [5.74, 6) is 0.0798. The van der Waals surface area contributed by atoms with Crippen molar-refractivity contribution in [1.82, 2.24) is 0 Å². The lowest BCUT2D eigenvalue weighted by atomic mass is 10.1. The van der Waals surface area contributed by atoms with E-state index in [1.54, 1.807) is 18.2 Å². The number of halogens is 4. The van der Waals surface area contributed by atoms with Gasteiger partial charge in [0.1, 0.15) is 5.75 Å². The Balaban J connectivity index is 2.18. The van der Waals surface area contributed by atoms with E-state index in [9.17, 15) is 18.0 Å². The second kappa shape index (κ2) is 7.04. The number of rotatable bonds is 4. The molecule has 23 heavy (non-hydrogen) atoms. The highest BCUT2D eigenvalue weighted by atomic mass is 79.9. The number of benzene rings is 2. The van der Waals surface area contributed by atoms with Crippen LogP contribution in [0.1, 0.15) is 22.8 Å². The van der Waals surface area contributed by atoms with Gasteiger partial charge in [0, 0.05) is 11.3 Å². The number of ether oxygens (including phenoxy) is 1. The molecular weight excluding hydrogens is 375 g/mol. The predicted molar refractivity (Wildman–Crippen MR) is 84.7 cm³/mol. The van der Waals surface area contributed by atoms with Gasteiger partial charge in [-0.15, -0.1) is 0 Å². The van der Waals surface area contributed by atoms with Gasteiger partial charge in [-0.05, 0) is 59.3 Å². The van der Waals surface area contributed by atoms with Crippen molar-refractivity contribution in [1.29, 1.82) is 0 Å². The van der Waals surface area contributed by atoms with Crippen molar-refractivity contribution in [3.8, 4) is 5.75 Å². The lowest BCUT2D eigenvalue weighted by Crippen LogP contribution is -2.13. The van der Waals surface area contributed by atoms with Crippen LogP contribution in [0.4, 0.5) is 18.9 Å². The molecule has 0 aliphatic carbocycles. The first kappa shape index (κ1) is 17.3. The number of hydrogen-bond donors (Lipinski definition) is 1. The summed E-state index contributed by atoms with van der Waals surface area (Å²) in [6, 6.07) is 9.19. The van der Waals surface area contributed by atoms with Crippen molar-refractivity contribution in [3.05, 3.63) is 58.1 Å². The molecule has 0 heterocycles. The first-order valence-corrected chi connectivity index (χ1v) is 7.51. The summed E-state index contributed by atoms with van der Waals surface area (Å²) < 4.78 is 43.9. The SMILES string of the molecule is CCOc1ccc(C(=O)Nc2cccc(C(F)(F)F)c2)cc1Br.